The number of urea groups is 1. The van der Waals surface area contributed by atoms with E-state index in [2.05, 4.69) is 20.9 Å². The standard InChI is InChI=1S/C20H20N4O2S/c1-12-9-10-16(23-20(26)22-15-7-5-4-6-8-15)11-17(12)24-19(25)18-13(2)21-14(3)27-18/h4-11H,1-3H3,(H,24,25)(H2,22,23,26). The number of benzene rings is 2. The Labute approximate surface area is 161 Å². The molecule has 0 bridgehead atoms. The van der Waals surface area contributed by atoms with Gasteiger partial charge in [-0.25, -0.2) is 9.78 Å². The number of nitrogens with one attached hydrogen (secondary N) is 3. The molecule has 0 unspecified atom stereocenters. The van der Waals surface area contributed by atoms with Crippen molar-refractivity contribution in [1.82, 2.24) is 4.98 Å². The number of rotatable bonds is 4. The number of anilines is 3. The van der Waals surface area contributed by atoms with Crippen LogP contribution in [0.5, 0.6) is 0 Å². The van der Waals surface area contributed by atoms with E-state index >= 15 is 0 Å². The molecule has 3 N–H and O–H groups in total. The molecule has 0 saturated carbocycles. The lowest BCUT2D eigenvalue weighted by Gasteiger charge is -2.12. The normalized spacial score (nSPS) is 10.3. The third-order valence-electron chi connectivity index (χ3n) is 3.89. The molecule has 7 heteroatoms. The van der Waals surface area contributed by atoms with Crippen LogP contribution in [0.4, 0.5) is 21.9 Å². The second-order valence-corrected chi connectivity index (χ2v) is 7.28. The SMILES string of the molecule is Cc1nc(C)c(C(=O)Nc2cc(NC(=O)Nc3ccccc3)ccc2C)s1. The second-order valence-electron chi connectivity index (χ2n) is 6.08. The molecule has 0 atom stereocenters. The molecule has 6 nitrogen and oxygen atoms in total. The minimum absolute atomic E-state index is 0.202. The lowest BCUT2D eigenvalue weighted by molar-refractivity contribution is 0.102. The molecule has 2 aromatic carbocycles. The number of nitrogens with zero attached hydrogens (tertiary/aromatic N) is 1. The fourth-order valence-electron chi connectivity index (χ4n) is 2.57. The van der Waals surface area contributed by atoms with Gasteiger partial charge in [0.15, 0.2) is 0 Å². The Morgan fingerprint density at radius 2 is 1.59 bits per heavy atom. The van der Waals surface area contributed by atoms with Gasteiger partial charge < -0.3 is 16.0 Å². The highest BCUT2D eigenvalue weighted by atomic mass is 32.1. The Morgan fingerprint density at radius 3 is 2.26 bits per heavy atom. The highest BCUT2D eigenvalue weighted by Gasteiger charge is 2.15. The van der Waals surface area contributed by atoms with Crippen LogP contribution < -0.4 is 16.0 Å². The summed E-state index contributed by atoms with van der Waals surface area (Å²) in [6, 6.07) is 14.2. The van der Waals surface area contributed by atoms with Crippen LogP contribution in [-0.2, 0) is 0 Å². The van der Waals surface area contributed by atoms with Crippen LogP contribution >= 0.6 is 11.3 Å². The zero-order valence-corrected chi connectivity index (χ0v) is 16.1. The number of hydrogen-bond acceptors (Lipinski definition) is 4. The molecule has 27 heavy (non-hydrogen) atoms. The number of carbonyl (C=O) groups excluding carboxylic acids is 2. The first-order valence-corrected chi connectivity index (χ1v) is 9.23. The summed E-state index contributed by atoms with van der Waals surface area (Å²) in [5.41, 5.74) is 3.54. The Morgan fingerprint density at radius 1 is 0.889 bits per heavy atom. The minimum atomic E-state index is -0.351. The zero-order chi connectivity index (χ0) is 19.4. The van der Waals surface area contributed by atoms with E-state index in [0.717, 1.165) is 10.6 Å². The Bertz CT molecular complexity index is 983. The first kappa shape index (κ1) is 18.6. The van der Waals surface area contributed by atoms with Gasteiger partial charge in [0.05, 0.1) is 10.7 Å². The van der Waals surface area contributed by atoms with Crippen LogP contribution in [0.1, 0.15) is 25.9 Å². The molecule has 0 spiro atoms. The number of para-hydroxylation sites is 1. The summed E-state index contributed by atoms with van der Waals surface area (Å²) in [5.74, 6) is -0.202. The van der Waals surface area contributed by atoms with Crippen molar-refractivity contribution >= 4 is 40.3 Å². The van der Waals surface area contributed by atoms with Crippen LogP contribution in [0.3, 0.4) is 0 Å². The molecule has 0 aliphatic heterocycles. The van der Waals surface area contributed by atoms with Crippen molar-refractivity contribution in [1.29, 1.82) is 0 Å². The molecule has 1 heterocycles. The van der Waals surface area contributed by atoms with Gasteiger partial charge in [-0.3, -0.25) is 4.79 Å². The van der Waals surface area contributed by atoms with Crippen LogP contribution in [0.2, 0.25) is 0 Å². The van der Waals surface area contributed by atoms with E-state index in [4.69, 9.17) is 0 Å². The predicted octanol–water partition coefficient (Wildman–Crippen LogP) is 4.96. The summed E-state index contributed by atoms with van der Waals surface area (Å²) in [7, 11) is 0. The van der Waals surface area contributed by atoms with Gasteiger partial charge in [0, 0.05) is 17.1 Å². The van der Waals surface area contributed by atoms with Crippen LogP contribution in [0, 0.1) is 20.8 Å². The van der Waals surface area contributed by atoms with Gasteiger partial charge in [0.1, 0.15) is 4.88 Å². The Hall–Kier alpha value is -3.19. The summed E-state index contributed by atoms with van der Waals surface area (Å²) in [5, 5.41) is 9.29. The van der Waals surface area contributed by atoms with E-state index in [1.54, 1.807) is 24.3 Å². The predicted molar refractivity (Wildman–Crippen MR) is 110 cm³/mol. The van der Waals surface area contributed by atoms with Crippen molar-refractivity contribution in [2.45, 2.75) is 20.8 Å². The number of aromatic nitrogens is 1. The number of aryl methyl sites for hydroxylation is 3. The van der Waals surface area contributed by atoms with Gasteiger partial charge in [-0.15, -0.1) is 11.3 Å². The zero-order valence-electron chi connectivity index (χ0n) is 15.3. The van der Waals surface area contributed by atoms with Crippen molar-refractivity contribution in [3.63, 3.8) is 0 Å². The van der Waals surface area contributed by atoms with E-state index in [9.17, 15) is 9.59 Å². The Kier molecular flexibility index (Phi) is 5.52. The number of hydrogen-bond donors (Lipinski definition) is 3. The van der Waals surface area contributed by atoms with Gasteiger partial charge in [-0.2, -0.15) is 0 Å². The minimum Gasteiger partial charge on any atom is -0.321 e. The average molecular weight is 380 g/mol. The summed E-state index contributed by atoms with van der Waals surface area (Å²) in [6.45, 7) is 5.58. The first-order valence-electron chi connectivity index (χ1n) is 8.41. The third kappa shape index (κ3) is 4.71. The Balaban J connectivity index is 1.71. The van der Waals surface area contributed by atoms with Gasteiger partial charge in [-0.05, 0) is 50.6 Å². The second kappa shape index (κ2) is 8.01. The largest absolute Gasteiger partial charge is 0.323 e. The van der Waals surface area contributed by atoms with Crippen molar-refractivity contribution in [3.8, 4) is 0 Å². The maximum absolute atomic E-state index is 12.5. The molecule has 0 radical (unpaired) electrons. The number of carbonyl (C=O) groups is 2. The summed E-state index contributed by atoms with van der Waals surface area (Å²) < 4.78 is 0. The highest BCUT2D eigenvalue weighted by Crippen LogP contribution is 2.24. The molecule has 3 amide bonds. The van der Waals surface area contributed by atoms with Gasteiger partial charge in [0.2, 0.25) is 0 Å². The van der Waals surface area contributed by atoms with Crippen molar-refractivity contribution in [3.05, 3.63) is 69.7 Å². The topological polar surface area (TPSA) is 83.1 Å². The van der Waals surface area contributed by atoms with E-state index in [1.807, 2.05) is 45.0 Å². The molecule has 0 aliphatic carbocycles. The van der Waals surface area contributed by atoms with E-state index < -0.39 is 0 Å². The van der Waals surface area contributed by atoms with E-state index in [1.165, 1.54) is 11.3 Å². The molecule has 0 saturated heterocycles. The smallest absolute Gasteiger partial charge is 0.321 e. The van der Waals surface area contributed by atoms with Gasteiger partial charge in [0.25, 0.3) is 5.91 Å². The molecular weight excluding hydrogens is 360 g/mol. The fourth-order valence-corrected chi connectivity index (χ4v) is 3.39. The maximum Gasteiger partial charge on any atom is 0.323 e. The highest BCUT2D eigenvalue weighted by molar-refractivity contribution is 7.13. The van der Waals surface area contributed by atoms with Crippen molar-refractivity contribution < 1.29 is 9.59 Å². The van der Waals surface area contributed by atoms with Gasteiger partial charge in [-0.1, -0.05) is 24.3 Å². The average Bonchev–Trinajstić information content (AvgIpc) is 2.97. The summed E-state index contributed by atoms with van der Waals surface area (Å²) in [4.78, 5) is 29.6. The number of thiazole rings is 1. The third-order valence-corrected chi connectivity index (χ3v) is 4.96. The molecular formula is C20H20N4O2S. The summed E-state index contributed by atoms with van der Waals surface area (Å²) in [6.07, 6.45) is 0. The van der Waals surface area contributed by atoms with Crippen LogP contribution in [-0.4, -0.2) is 16.9 Å². The quantitative estimate of drug-likeness (QED) is 0.598. The molecule has 0 aliphatic rings. The molecule has 0 fully saturated rings. The van der Waals surface area contributed by atoms with Crippen molar-refractivity contribution in [2.75, 3.05) is 16.0 Å². The maximum atomic E-state index is 12.5. The number of amides is 3. The molecule has 138 valence electrons. The van der Waals surface area contributed by atoms with Gasteiger partial charge >= 0.3 is 6.03 Å². The lowest BCUT2D eigenvalue weighted by atomic mass is 10.1. The van der Waals surface area contributed by atoms with E-state index in [0.29, 0.717) is 27.6 Å². The van der Waals surface area contributed by atoms with Crippen LogP contribution in [0.25, 0.3) is 0 Å². The van der Waals surface area contributed by atoms with E-state index in [-0.39, 0.29) is 11.9 Å². The van der Waals surface area contributed by atoms with Crippen LogP contribution in [0.15, 0.2) is 48.5 Å². The monoisotopic (exact) mass is 380 g/mol. The van der Waals surface area contributed by atoms with Crippen molar-refractivity contribution in [2.24, 2.45) is 0 Å². The lowest BCUT2D eigenvalue weighted by Crippen LogP contribution is -2.19. The molecule has 1 aromatic heterocycles. The molecule has 3 aromatic rings. The molecule has 3 rings (SSSR count). The summed E-state index contributed by atoms with van der Waals surface area (Å²) >= 11 is 1.36. The first-order chi connectivity index (χ1) is 12.9. The fraction of sp³-hybridized carbons (Fsp3) is 0.150.